The Morgan fingerprint density at radius 3 is 1.95 bits per heavy atom. The highest BCUT2D eigenvalue weighted by Crippen LogP contribution is 2.12. The Hall–Kier alpha value is -2.61. The van der Waals surface area contributed by atoms with Gasteiger partial charge in [0.15, 0.2) is 0 Å². The van der Waals surface area contributed by atoms with E-state index in [-0.39, 0.29) is 0 Å². The largest absolute Gasteiger partial charge is 0.481 e. The van der Waals surface area contributed by atoms with Gasteiger partial charge in [0.2, 0.25) is 0 Å². The number of allylic oxidation sites excluding steroid dienone is 1. The predicted octanol–water partition coefficient (Wildman–Crippen LogP) is 4.50. The molecule has 2 aromatic carbocycles. The average Bonchev–Trinajstić information content (AvgIpc) is 2.52. The molecular weight excluding hydrogens is 260 g/mol. The normalized spacial score (nSPS) is 12.8. The summed E-state index contributed by atoms with van der Waals surface area (Å²) in [6.45, 7) is 0. The molecule has 0 fully saturated rings. The quantitative estimate of drug-likeness (QED) is 0.844. The summed E-state index contributed by atoms with van der Waals surface area (Å²) in [4.78, 5) is 11.3. The van der Waals surface area contributed by atoms with E-state index in [2.05, 4.69) is 0 Å². The molecule has 1 N–H and O–H groups in total. The fraction of sp³-hybridized carbons (Fsp3) is 0.105. The minimum atomic E-state index is -0.806. The first kappa shape index (κ1) is 14.8. The fourth-order valence-corrected chi connectivity index (χ4v) is 1.97. The lowest BCUT2D eigenvalue weighted by molar-refractivity contribution is -0.139. The lowest BCUT2D eigenvalue weighted by Gasteiger charge is -2.03. The summed E-state index contributed by atoms with van der Waals surface area (Å²) >= 11 is 0. The third-order valence-corrected chi connectivity index (χ3v) is 3.14. The van der Waals surface area contributed by atoms with E-state index >= 15 is 0 Å². The van der Waals surface area contributed by atoms with E-state index in [1.807, 2.05) is 78.9 Å². The predicted molar refractivity (Wildman–Crippen MR) is 86.7 cm³/mol. The van der Waals surface area contributed by atoms with Gasteiger partial charge < -0.3 is 5.11 Å². The molecule has 2 rings (SSSR count). The molecule has 2 heteroatoms. The minimum absolute atomic E-state index is 0.480. The van der Waals surface area contributed by atoms with Gasteiger partial charge in [0, 0.05) is 0 Å². The number of carboxylic acid groups (broad SMARTS) is 1. The van der Waals surface area contributed by atoms with Crippen LogP contribution in [0.25, 0.3) is 12.2 Å². The van der Waals surface area contributed by atoms with Crippen molar-refractivity contribution < 1.29 is 9.90 Å². The number of carboxylic acids is 1. The second-order valence-corrected chi connectivity index (χ2v) is 4.76. The SMILES string of the molecule is O=C(O)[C@H](/C=C/c1ccccc1)C/C=C/c1ccccc1. The van der Waals surface area contributed by atoms with Crippen molar-refractivity contribution in [2.24, 2.45) is 5.92 Å². The minimum Gasteiger partial charge on any atom is -0.481 e. The molecule has 21 heavy (non-hydrogen) atoms. The summed E-state index contributed by atoms with van der Waals surface area (Å²) in [5, 5.41) is 9.26. The summed E-state index contributed by atoms with van der Waals surface area (Å²) in [6, 6.07) is 19.6. The Kier molecular flexibility index (Phi) is 5.53. The molecule has 0 aliphatic rings. The molecule has 0 saturated carbocycles. The Morgan fingerprint density at radius 1 is 0.905 bits per heavy atom. The summed E-state index contributed by atoms with van der Waals surface area (Å²) < 4.78 is 0. The molecule has 0 bridgehead atoms. The van der Waals surface area contributed by atoms with Gasteiger partial charge in [0.25, 0.3) is 0 Å². The van der Waals surface area contributed by atoms with Gasteiger partial charge in [-0.3, -0.25) is 4.79 Å². The average molecular weight is 278 g/mol. The van der Waals surface area contributed by atoms with Gasteiger partial charge in [0.1, 0.15) is 0 Å². The van der Waals surface area contributed by atoms with E-state index in [4.69, 9.17) is 0 Å². The third-order valence-electron chi connectivity index (χ3n) is 3.14. The Morgan fingerprint density at radius 2 is 1.43 bits per heavy atom. The molecule has 0 aromatic heterocycles. The van der Waals surface area contributed by atoms with E-state index in [1.165, 1.54) is 0 Å². The zero-order valence-corrected chi connectivity index (χ0v) is 11.7. The summed E-state index contributed by atoms with van der Waals surface area (Å²) in [7, 11) is 0. The Balaban J connectivity index is 1.98. The van der Waals surface area contributed by atoms with Crippen LogP contribution in [0.4, 0.5) is 0 Å². The molecule has 1 atom stereocenters. The summed E-state index contributed by atoms with van der Waals surface area (Å²) in [5.41, 5.74) is 2.09. The van der Waals surface area contributed by atoms with Crippen molar-refractivity contribution in [1.29, 1.82) is 0 Å². The standard InChI is InChI=1S/C19H18O2/c20-19(21)18(15-14-17-10-5-2-6-11-17)13-7-12-16-8-3-1-4-9-16/h1-12,14-15,18H,13H2,(H,20,21)/b12-7+,15-14+/t18-/m0/s1. The molecule has 0 aliphatic carbocycles. The lowest BCUT2D eigenvalue weighted by Crippen LogP contribution is -2.09. The van der Waals surface area contributed by atoms with Crippen LogP contribution >= 0.6 is 0 Å². The van der Waals surface area contributed by atoms with Gasteiger partial charge in [-0.15, -0.1) is 0 Å². The highest BCUT2D eigenvalue weighted by molar-refractivity contribution is 5.74. The van der Waals surface area contributed by atoms with E-state index in [9.17, 15) is 9.90 Å². The lowest BCUT2D eigenvalue weighted by atomic mass is 10.0. The van der Waals surface area contributed by atoms with Gasteiger partial charge >= 0.3 is 5.97 Å². The molecule has 0 heterocycles. The number of carbonyl (C=O) groups is 1. The fourth-order valence-electron chi connectivity index (χ4n) is 1.97. The molecule has 106 valence electrons. The van der Waals surface area contributed by atoms with Crippen molar-refractivity contribution >= 4 is 18.1 Å². The van der Waals surface area contributed by atoms with Crippen molar-refractivity contribution in [1.82, 2.24) is 0 Å². The smallest absolute Gasteiger partial charge is 0.310 e. The van der Waals surface area contributed by atoms with Gasteiger partial charge in [-0.2, -0.15) is 0 Å². The highest BCUT2D eigenvalue weighted by Gasteiger charge is 2.11. The van der Waals surface area contributed by atoms with Crippen LogP contribution in [0, 0.1) is 5.92 Å². The van der Waals surface area contributed by atoms with Crippen LogP contribution in [-0.4, -0.2) is 11.1 Å². The van der Waals surface area contributed by atoms with Crippen molar-refractivity contribution in [2.75, 3.05) is 0 Å². The van der Waals surface area contributed by atoms with Gasteiger partial charge in [-0.05, 0) is 17.5 Å². The zero-order valence-electron chi connectivity index (χ0n) is 11.7. The molecule has 0 unspecified atom stereocenters. The molecule has 0 saturated heterocycles. The van der Waals surface area contributed by atoms with Crippen LogP contribution in [-0.2, 0) is 4.79 Å². The first-order valence-electron chi connectivity index (χ1n) is 6.93. The second-order valence-electron chi connectivity index (χ2n) is 4.76. The summed E-state index contributed by atoms with van der Waals surface area (Å²) in [6.07, 6.45) is 7.94. The number of benzene rings is 2. The van der Waals surface area contributed by atoms with E-state index in [1.54, 1.807) is 6.08 Å². The molecule has 0 amide bonds. The maximum Gasteiger partial charge on any atom is 0.310 e. The summed E-state index contributed by atoms with van der Waals surface area (Å²) in [5.74, 6) is -1.31. The van der Waals surface area contributed by atoms with Crippen molar-refractivity contribution in [2.45, 2.75) is 6.42 Å². The van der Waals surface area contributed by atoms with Crippen LogP contribution in [0.3, 0.4) is 0 Å². The van der Waals surface area contributed by atoms with E-state index in [0.29, 0.717) is 6.42 Å². The third kappa shape index (κ3) is 5.11. The van der Waals surface area contributed by atoms with E-state index < -0.39 is 11.9 Å². The van der Waals surface area contributed by atoms with Crippen LogP contribution in [0.5, 0.6) is 0 Å². The number of hydrogen-bond donors (Lipinski definition) is 1. The number of hydrogen-bond acceptors (Lipinski definition) is 1. The second kappa shape index (κ2) is 7.85. The van der Waals surface area contributed by atoms with E-state index in [0.717, 1.165) is 11.1 Å². The molecule has 2 aromatic rings. The van der Waals surface area contributed by atoms with Gasteiger partial charge in [0.05, 0.1) is 5.92 Å². The highest BCUT2D eigenvalue weighted by atomic mass is 16.4. The zero-order chi connectivity index (χ0) is 14.9. The van der Waals surface area contributed by atoms with Crippen molar-refractivity contribution in [3.05, 3.63) is 83.9 Å². The van der Waals surface area contributed by atoms with Crippen LogP contribution in [0.1, 0.15) is 17.5 Å². The monoisotopic (exact) mass is 278 g/mol. The van der Waals surface area contributed by atoms with Crippen molar-refractivity contribution in [3.8, 4) is 0 Å². The number of rotatable bonds is 6. The van der Waals surface area contributed by atoms with Crippen molar-refractivity contribution in [3.63, 3.8) is 0 Å². The van der Waals surface area contributed by atoms with Gasteiger partial charge in [-0.1, -0.05) is 85.0 Å². The topological polar surface area (TPSA) is 37.3 Å². The maximum atomic E-state index is 11.3. The van der Waals surface area contributed by atoms with Gasteiger partial charge in [-0.25, -0.2) is 0 Å². The van der Waals surface area contributed by atoms with Crippen LogP contribution < -0.4 is 0 Å². The van der Waals surface area contributed by atoms with Crippen LogP contribution in [0.2, 0.25) is 0 Å². The molecule has 2 nitrogen and oxygen atoms in total. The molecule has 0 spiro atoms. The van der Waals surface area contributed by atoms with Crippen LogP contribution in [0.15, 0.2) is 72.8 Å². The molecule has 0 aliphatic heterocycles. The Labute approximate surface area is 125 Å². The first-order chi connectivity index (χ1) is 10.3. The first-order valence-corrected chi connectivity index (χ1v) is 6.93. The molecular formula is C19H18O2. The number of aliphatic carboxylic acids is 1. The maximum absolute atomic E-state index is 11.3. The Bertz CT molecular complexity index is 613. The molecule has 0 radical (unpaired) electrons.